The number of carbonyl (C=O) groups is 1. The number of nitrogens with one attached hydrogen (secondary N) is 1. The molecule has 3 aromatic rings. The largest absolute Gasteiger partial charge is 0.418 e. The third-order valence-corrected chi connectivity index (χ3v) is 5.98. The van der Waals surface area contributed by atoms with Crippen molar-refractivity contribution in [1.29, 1.82) is 5.26 Å². The minimum absolute atomic E-state index is 0.0979. The van der Waals surface area contributed by atoms with Gasteiger partial charge in [-0.25, -0.2) is 18.2 Å². The van der Waals surface area contributed by atoms with E-state index in [1.807, 2.05) is 5.32 Å². The summed E-state index contributed by atoms with van der Waals surface area (Å²) in [5.41, 5.74) is -4.77. The number of halogens is 7. The van der Waals surface area contributed by atoms with Crippen LogP contribution in [0.15, 0.2) is 47.6 Å². The van der Waals surface area contributed by atoms with Crippen molar-refractivity contribution in [2.45, 2.75) is 23.7 Å². The maximum atomic E-state index is 13.8. The Bertz CT molecular complexity index is 1490. The third-order valence-electron chi connectivity index (χ3n) is 4.67. The molecule has 0 fully saturated rings. The number of carbonyl (C=O) groups excluding carboxylic acids is 1. The van der Waals surface area contributed by atoms with Crippen LogP contribution in [0.1, 0.15) is 22.3 Å². The van der Waals surface area contributed by atoms with Gasteiger partial charge in [0, 0.05) is 11.2 Å². The predicted octanol–water partition coefficient (Wildman–Crippen LogP) is 4.26. The van der Waals surface area contributed by atoms with Crippen LogP contribution >= 0.6 is 11.6 Å². The standard InChI is InChI=1S/C20H12ClF6N5O3S/c21-14-2-1-12(19(22,23)24)3-11(14)4-18(33)31-15-6-17(36(29,34)35)16(5-13(15)20(25,26)27)32-9-10(7-28)8-30-32/h1-3,5-6,8-9H,4H2,(H,31,33)(H2,29,34,35). The number of rotatable bonds is 5. The van der Waals surface area contributed by atoms with Crippen LogP contribution < -0.4 is 10.5 Å². The highest BCUT2D eigenvalue weighted by molar-refractivity contribution is 7.89. The minimum Gasteiger partial charge on any atom is -0.325 e. The van der Waals surface area contributed by atoms with Crippen molar-refractivity contribution in [2.24, 2.45) is 5.14 Å². The summed E-state index contributed by atoms with van der Waals surface area (Å²) in [5, 5.41) is 19.3. The van der Waals surface area contributed by atoms with Crippen molar-refractivity contribution in [3.63, 3.8) is 0 Å². The fourth-order valence-corrected chi connectivity index (χ4v) is 3.99. The molecule has 36 heavy (non-hydrogen) atoms. The van der Waals surface area contributed by atoms with Gasteiger partial charge in [-0.2, -0.15) is 36.7 Å². The van der Waals surface area contributed by atoms with Crippen LogP contribution in [0, 0.1) is 11.3 Å². The van der Waals surface area contributed by atoms with E-state index in [9.17, 15) is 39.6 Å². The lowest BCUT2D eigenvalue weighted by atomic mass is 10.1. The molecule has 8 nitrogen and oxygen atoms in total. The molecule has 0 aliphatic heterocycles. The fourth-order valence-electron chi connectivity index (χ4n) is 3.08. The van der Waals surface area contributed by atoms with Crippen LogP contribution in [0.25, 0.3) is 5.69 Å². The SMILES string of the molecule is N#Cc1cnn(-c2cc(C(F)(F)F)c(NC(=O)Cc3cc(C(F)(F)F)ccc3Cl)cc2S(N)(=O)=O)c1. The van der Waals surface area contributed by atoms with Gasteiger partial charge in [0.1, 0.15) is 11.0 Å². The molecule has 0 saturated carbocycles. The number of benzene rings is 2. The first-order valence-electron chi connectivity index (χ1n) is 9.39. The number of aromatic nitrogens is 2. The Balaban J connectivity index is 2.08. The van der Waals surface area contributed by atoms with E-state index in [1.165, 1.54) is 0 Å². The molecule has 0 bridgehead atoms. The normalized spacial score (nSPS) is 12.3. The van der Waals surface area contributed by atoms with Crippen molar-refractivity contribution in [3.05, 3.63) is 70.0 Å². The van der Waals surface area contributed by atoms with Crippen molar-refractivity contribution >= 4 is 33.2 Å². The van der Waals surface area contributed by atoms with E-state index in [4.69, 9.17) is 22.0 Å². The maximum absolute atomic E-state index is 13.8. The molecule has 190 valence electrons. The van der Waals surface area contributed by atoms with Crippen LogP contribution in [-0.2, 0) is 33.6 Å². The summed E-state index contributed by atoms with van der Waals surface area (Å²) in [6, 6.07) is 4.56. The van der Waals surface area contributed by atoms with Crippen molar-refractivity contribution in [1.82, 2.24) is 9.78 Å². The Hall–Kier alpha value is -3.61. The predicted molar refractivity (Wildman–Crippen MR) is 113 cm³/mol. The number of amides is 1. The lowest BCUT2D eigenvalue weighted by Gasteiger charge is -2.18. The highest BCUT2D eigenvalue weighted by Crippen LogP contribution is 2.39. The highest BCUT2D eigenvalue weighted by Gasteiger charge is 2.37. The van der Waals surface area contributed by atoms with Gasteiger partial charge in [-0.3, -0.25) is 4.79 Å². The molecule has 1 amide bonds. The van der Waals surface area contributed by atoms with Crippen molar-refractivity contribution < 1.29 is 39.6 Å². The Morgan fingerprint density at radius 3 is 2.33 bits per heavy atom. The number of primary sulfonamides is 1. The molecule has 0 atom stereocenters. The lowest BCUT2D eigenvalue weighted by Crippen LogP contribution is -2.22. The Kier molecular flexibility index (Phi) is 7.08. The summed E-state index contributed by atoms with van der Waals surface area (Å²) in [5.74, 6) is -1.22. The number of hydrogen-bond acceptors (Lipinski definition) is 5. The van der Waals surface area contributed by atoms with Crippen LogP contribution in [0.2, 0.25) is 5.02 Å². The average molecular weight is 552 g/mol. The Morgan fingerprint density at radius 2 is 1.81 bits per heavy atom. The number of alkyl halides is 6. The molecule has 0 aliphatic carbocycles. The van der Waals surface area contributed by atoms with E-state index in [0.717, 1.165) is 18.5 Å². The maximum Gasteiger partial charge on any atom is 0.418 e. The molecule has 3 N–H and O–H groups in total. The van der Waals surface area contributed by atoms with Crippen LogP contribution in [0.5, 0.6) is 0 Å². The van der Waals surface area contributed by atoms with Gasteiger partial charge in [0.25, 0.3) is 0 Å². The first kappa shape index (κ1) is 27.0. The van der Waals surface area contributed by atoms with Gasteiger partial charge in [0.05, 0.1) is 40.7 Å². The molecule has 0 unspecified atom stereocenters. The smallest absolute Gasteiger partial charge is 0.325 e. The van der Waals surface area contributed by atoms with E-state index in [-0.39, 0.29) is 16.1 Å². The van der Waals surface area contributed by atoms with Crippen LogP contribution in [0.3, 0.4) is 0 Å². The number of sulfonamides is 1. The van der Waals surface area contributed by atoms with Gasteiger partial charge in [0.15, 0.2) is 0 Å². The Labute approximate surface area is 203 Å². The summed E-state index contributed by atoms with van der Waals surface area (Å²) in [7, 11) is -4.70. The third kappa shape index (κ3) is 5.96. The first-order chi connectivity index (χ1) is 16.5. The van der Waals surface area contributed by atoms with Gasteiger partial charge >= 0.3 is 12.4 Å². The zero-order valence-electron chi connectivity index (χ0n) is 17.4. The van der Waals surface area contributed by atoms with Crippen LogP contribution in [-0.4, -0.2) is 24.1 Å². The van der Waals surface area contributed by atoms with Gasteiger partial charge in [0.2, 0.25) is 15.9 Å². The monoisotopic (exact) mass is 551 g/mol. The van der Waals surface area contributed by atoms with E-state index in [0.29, 0.717) is 28.9 Å². The van der Waals surface area contributed by atoms with E-state index in [1.54, 1.807) is 6.07 Å². The van der Waals surface area contributed by atoms with Crippen molar-refractivity contribution in [2.75, 3.05) is 5.32 Å². The van der Waals surface area contributed by atoms with Crippen LogP contribution in [0.4, 0.5) is 32.0 Å². The molecule has 0 saturated heterocycles. The summed E-state index contributed by atoms with van der Waals surface area (Å²) < 4.78 is 105. The lowest BCUT2D eigenvalue weighted by molar-refractivity contribution is -0.138. The summed E-state index contributed by atoms with van der Waals surface area (Å²) >= 11 is 5.83. The number of anilines is 1. The number of hydrogen-bond donors (Lipinski definition) is 2. The second-order valence-electron chi connectivity index (χ2n) is 7.22. The molecule has 2 aromatic carbocycles. The second kappa shape index (κ2) is 9.45. The van der Waals surface area contributed by atoms with Gasteiger partial charge in [-0.1, -0.05) is 11.6 Å². The van der Waals surface area contributed by atoms with E-state index >= 15 is 0 Å². The van der Waals surface area contributed by atoms with E-state index in [2.05, 4.69) is 5.10 Å². The summed E-state index contributed by atoms with van der Waals surface area (Å²) in [6.07, 6.45) is -8.84. The molecule has 0 radical (unpaired) electrons. The summed E-state index contributed by atoms with van der Waals surface area (Å²) in [4.78, 5) is 11.6. The van der Waals surface area contributed by atoms with Gasteiger partial charge < -0.3 is 5.32 Å². The number of nitrogens with two attached hydrogens (primary N) is 1. The quantitative estimate of drug-likeness (QED) is 0.457. The average Bonchev–Trinajstić information content (AvgIpc) is 3.22. The molecule has 0 spiro atoms. The molecule has 0 aliphatic rings. The molecule has 16 heteroatoms. The topological polar surface area (TPSA) is 131 Å². The fraction of sp³-hybridized carbons (Fsp3) is 0.150. The van der Waals surface area contributed by atoms with Gasteiger partial charge in [-0.05, 0) is 35.9 Å². The number of nitrogens with zero attached hydrogens (tertiary/aromatic N) is 3. The zero-order valence-corrected chi connectivity index (χ0v) is 19.0. The zero-order chi connectivity index (χ0) is 27.1. The molecule has 1 heterocycles. The van der Waals surface area contributed by atoms with Gasteiger partial charge in [-0.15, -0.1) is 0 Å². The summed E-state index contributed by atoms with van der Waals surface area (Å²) in [6.45, 7) is 0. The number of nitriles is 1. The molecule has 3 rings (SSSR count). The molecular formula is C20H12ClF6N5O3S. The Morgan fingerprint density at radius 1 is 1.14 bits per heavy atom. The molecule has 1 aromatic heterocycles. The molecular weight excluding hydrogens is 540 g/mol. The first-order valence-corrected chi connectivity index (χ1v) is 11.3. The highest BCUT2D eigenvalue weighted by atomic mass is 35.5. The van der Waals surface area contributed by atoms with E-state index < -0.39 is 62.1 Å². The van der Waals surface area contributed by atoms with Crippen molar-refractivity contribution in [3.8, 4) is 11.8 Å². The second-order valence-corrected chi connectivity index (χ2v) is 9.16. The minimum atomic E-state index is -5.13.